The first-order chi connectivity index (χ1) is 4.74. The average Bonchev–Trinajstić information content (AvgIpc) is 1.95. The Morgan fingerprint density at radius 1 is 1.60 bits per heavy atom. The number of Topliss-reactive ketones (excluding diaryl/α,β-unsaturated/α-hetero) is 1. The van der Waals surface area contributed by atoms with Crippen molar-refractivity contribution in [3.8, 4) is 0 Å². The van der Waals surface area contributed by atoms with Gasteiger partial charge in [-0.15, -0.1) is 0 Å². The number of rotatable bonds is 1. The summed E-state index contributed by atoms with van der Waals surface area (Å²) in [7, 11) is 1.97. The van der Waals surface area contributed by atoms with E-state index in [1.165, 1.54) is 0 Å². The highest BCUT2D eigenvalue weighted by Crippen LogP contribution is 2.19. The zero-order valence-corrected chi connectivity index (χ0v) is 6.68. The molecule has 2 heteroatoms. The van der Waals surface area contributed by atoms with Crippen LogP contribution < -0.4 is 5.32 Å². The molecule has 2 nitrogen and oxygen atoms in total. The average molecular weight is 141 g/mol. The predicted molar refractivity (Wildman–Crippen MR) is 40.9 cm³/mol. The minimum absolute atomic E-state index is 0.284. The molecule has 1 rings (SSSR count). The molecule has 0 aliphatic heterocycles. The van der Waals surface area contributed by atoms with Crippen LogP contribution in [0.3, 0.4) is 0 Å². The molecule has 1 N–H and O–H groups in total. The molecule has 1 saturated carbocycles. The fraction of sp³-hybridized carbons (Fsp3) is 0.875. The van der Waals surface area contributed by atoms with E-state index in [0.29, 0.717) is 11.8 Å². The molecule has 2 atom stereocenters. The van der Waals surface area contributed by atoms with Gasteiger partial charge in [-0.05, 0) is 19.9 Å². The van der Waals surface area contributed by atoms with Gasteiger partial charge in [-0.25, -0.2) is 0 Å². The maximum Gasteiger partial charge on any atom is 0.135 e. The lowest BCUT2D eigenvalue weighted by atomic mass is 9.86. The quantitative estimate of drug-likeness (QED) is 0.589. The second kappa shape index (κ2) is 3.15. The van der Waals surface area contributed by atoms with Crippen molar-refractivity contribution in [2.45, 2.75) is 32.2 Å². The van der Waals surface area contributed by atoms with E-state index in [0.717, 1.165) is 19.3 Å². The van der Waals surface area contributed by atoms with Crippen molar-refractivity contribution >= 4 is 5.78 Å². The first-order valence-corrected chi connectivity index (χ1v) is 3.94. The molecule has 0 bridgehead atoms. The van der Waals surface area contributed by atoms with Gasteiger partial charge in [-0.3, -0.25) is 4.79 Å². The van der Waals surface area contributed by atoms with Gasteiger partial charge in [0.15, 0.2) is 0 Å². The summed E-state index contributed by atoms with van der Waals surface area (Å²) >= 11 is 0. The van der Waals surface area contributed by atoms with E-state index in [9.17, 15) is 4.79 Å². The van der Waals surface area contributed by atoms with Gasteiger partial charge in [-0.1, -0.05) is 6.92 Å². The summed E-state index contributed by atoms with van der Waals surface area (Å²) in [5, 5.41) is 3.20. The maximum absolute atomic E-state index is 11.0. The van der Waals surface area contributed by atoms with E-state index >= 15 is 0 Å². The summed E-state index contributed by atoms with van der Waals surface area (Å²) in [6.07, 6.45) is 2.82. The van der Waals surface area contributed by atoms with E-state index in [4.69, 9.17) is 0 Å². The van der Waals surface area contributed by atoms with Crippen molar-refractivity contribution in [1.82, 2.24) is 5.32 Å². The van der Waals surface area contributed by atoms with Gasteiger partial charge in [0.05, 0.1) is 0 Å². The van der Waals surface area contributed by atoms with E-state index < -0.39 is 0 Å². The lowest BCUT2D eigenvalue weighted by Gasteiger charge is -2.24. The van der Waals surface area contributed by atoms with E-state index in [-0.39, 0.29) is 5.92 Å². The van der Waals surface area contributed by atoms with E-state index in [2.05, 4.69) is 5.32 Å². The molecular formula is C8H15NO. The molecule has 1 fully saturated rings. The van der Waals surface area contributed by atoms with Crippen molar-refractivity contribution in [2.24, 2.45) is 5.92 Å². The van der Waals surface area contributed by atoms with Gasteiger partial charge in [0.1, 0.15) is 5.78 Å². The summed E-state index contributed by atoms with van der Waals surface area (Å²) in [4.78, 5) is 11.0. The summed E-state index contributed by atoms with van der Waals surface area (Å²) in [5.41, 5.74) is 0. The number of hydrogen-bond donors (Lipinski definition) is 1. The molecule has 10 heavy (non-hydrogen) atoms. The molecule has 2 unspecified atom stereocenters. The van der Waals surface area contributed by atoms with Gasteiger partial charge in [-0.2, -0.15) is 0 Å². The van der Waals surface area contributed by atoms with Crippen LogP contribution in [0.15, 0.2) is 0 Å². The van der Waals surface area contributed by atoms with Gasteiger partial charge in [0.25, 0.3) is 0 Å². The lowest BCUT2D eigenvalue weighted by Crippen LogP contribution is -2.34. The van der Waals surface area contributed by atoms with Gasteiger partial charge in [0.2, 0.25) is 0 Å². The fourth-order valence-corrected chi connectivity index (χ4v) is 1.50. The minimum atomic E-state index is 0.284. The molecule has 1 aliphatic rings. The topological polar surface area (TPSA) is 29.1 Å². The van der Waals surface area contributed by atoms with Crippen molar-refractivity contribution in [1.29, 1.82) is 0 Å². The van der Waals surface area contributed by atoms with Crippen LogP contribution in [0.25, 0.3) is 0 Å². The normalized spacial score (nSPS) is 34.4. The Balaban J connectivity index is 2.40. The predicted octanol–water partition coefficient (Wildman–Crippen LogP) is 0.964. The van der Waals surface area contributed by atoms with Gasteiger partial charge >= 0.3 is 0 Å². The van der Waals surface area contributed by atoms with E-state index in [1.54, 1.807) is 0 Å². The van der Waals surface area contributed by atoms with Crippen LogP contribution in [0.1, 0.15) is 26.2 Å². The van der Waals surface area contributed by atoms with Crippen LogP contribution in [-0.4, -0.2) is 18.9 Å². The summed E-state index contributed by atoms with van der Waals surface area (Å²) in [6, 6.07) is 0.577. The lowest BCUT2D eigenvalue weighted by molar-refractivity contribution is -0.124. The standard InChI is InChI=1S/C8H15NO/c1-6-5-7(9-2)3-4-8(6)10/h6-7,9H,3-5H2,1-2H3. The van der Waals surface area contributed by atoms with Crippen molar-refractivity contribution in [3.63, 3.8) is 0 Å². The van der Waals surface area contributed by atoms with Crippen LogP contribution in [0.2, 0.25) is 0 Å². The number of ketones is 1. The monoisotopic (exact) mass is 141 g/mol. The second-order valence-corrected chi connectivity index (χ2v) is 3.13. The molecular weight excluding hydrogens is 126 g/mol. The SMILES string of the molecule is CNC1CCC(=O)C(C)C1. The molecule has 0 aromatic heterocycles. The summed E-state index contributed by atoms with van der Waals surface area (Å²) in [6.45, 7) is 2.02. The minimum Gasteiger partial charge on any atom is -0.317 e. The maximum atomic E-state index is 11.0. The summed E-state index contributed by atoms with van der Waals surface area (Å²) in [5.74, 6) is 0.720. The second-order valence-electron chi connectivity index (χ2n) is 3.13. The highest BCUT2D eigenvalue weighted by Gasteiger charge is 2.23. The number of carbonyl (C=O) groups is 1. The third-order valence-corrected chi connectivity index (χ3v) is 2.34. The Hall–Kier alpha value is -0.370. The molecule has 0 aromatic rings. The zero-order valence-electron chi connectivity index (χ0n) is 6.68. The van der Waals surface area contributed by atoms with Gasteiger partial charge in [0, 0.05) is 18.4 Å². The highest BCUT2D eigenvalue weighted by molar-refractivity contribution is 5.81. The third kappa shape index (κ3) is 1.57. The largest absolute Gasteiger partial charge is 0.317 e. The Labute approximate surface area is 62.0 Å². The summed E-state index contributed by atoms with van der Waals surface area (Å²) < 4.78 is 0. The van der Waals surface area contributed by atoms with E-state index in [1.807, 2.05) is 14.0 Å². The first-order valence-electron chi connectivity index (χ1n) is 3.94. The van der Waals surface area contributed by atoms with Gasteiger partial charge < -0.3 is 5.32 Å². The molecule has 0 spiro atoms. The molecule has 0 saturated heterocycles. The van der Waals surface area contributed by atoms with Crippen LogP contribution in [0.4, 0.5) is 0 Å². The smallest absolute Gasteiger partial charge is 0.135 e. The van der Waals surface area contributed by atoms with Crippen molar-refractivity contribution in [3.05, 3.63) is 0 Å². The molecule has 1 aliphatic carbocycles. The number of hydrogen-bond acceptors (Lipinski definition) is 2. The first kappa shape index (κ1) is 7.73. The molecule has 0 radical (unpaired) electrons. The van der Waals surface area contributed by atoms with Crippen LogP contribution in [-0.2, 0) is 4.79 Å². The Bertz CT molecular complexity index is 133. The third-order valence-electron chi connectivity index (χ3n) is 2.34. The molecule has 0 aromatic carbocycles. The van der Waals surface area contributed by atoms with Crippen LogP contribution in [0.5, 0.6) is 0 Å². The molecule has 0 amide bonds. The highest BCUT2D eigenvalue weighted by atomic mass is 16.1. The Morgan fingerprint density at radius 3 is 2.80 bits per heavy atom. The van der Waals surface area contributed by atoms with Crippen molar-refractivity contribution in [2.75, 3.05) is 7.05 Å². The molecule has 58 valence electrons. The van der Waals surface area contributed by atoms with Crippen molar-refractivity contribution < 1.29 is 4.79 Å². The molecule has 0 heterocycles. The Morgan fingerprint density at radius 2 is 2.30 bits per heavy atom. The van der Waals surface area contributed by atoms with Crippen LogP contribution in [0, 0.1) is 5.92 Å². The fourth-order valence-electron chi connectivity index (χ4n) is 1.50. The number of carbonyl (C=O) groups excluding carboxylic acids is 1. The number of nitrogens with one attached hydrogen (secondary N) is 1. The zero-order chi connectivity index (χ0) is 7.56. The Kier molecular flexibility index (Phi) is 2.44. The van der Waals surface area contributed by atoms with Crippen LogP contribution >= 0.6 is 0 Å².